The highest BCUT2D eigenvalue weighted by Gasteiger charge is 2.35. The van der Waals surface area contributed by atoms with E-state index in [2.05, 4.69) is 46.2 Å². The molecule has 2 atom stereocenters. The molecule has 30 heavy (non-hydrogen) atoms. The Bertz CT molecular complexity index is 914. The van der Waals surface area contributed by atoms with Crippen LogP contribution in [0.15, 0.2) is 30.3 Å². The minimum Gasteiger partial charge on any atom is -0.357 e. The van der Waals surface area contributed by atoms with Crippen LogP contribution in [0.1, 0.15) is 55.3 Å². The number of aromatic nitrogens is 2. The van der Waals surface area contributed by atoms with E-state index in [4.69, 9.17) is 4.98 Å². The zero-order chi connectivity index (χ0) is 22.1. The number of rotatable bonds is 5. The second kappa shape index (κ2) is 8.60. The molecule has 1 aliphatic heterocycles. The van der Waals surface area contributed by atoms with Gasteiger partial charge in [0.15, 0.2) is 5.69 Å². The van der Waals surface area contributed by atoms with Gasteiger partial charge in [0.25, 0.3) is 5.91 Å². The molecular weight excluding hydrogens is 378 g/mol. The molecule has 0 saturated carbocycles. The molecule has 0 aliphatic carbocycles. The Balaban J connectivity index is 1.96. The van der Waals surface area contributed by atoms with Crippen LogP contribution >= 0.6 is 0 Å². The zero-order valence-electron chi connectivity index (χ0n) is 18.8. The number of nitrogens with zero attached hydrogens (tertiary/aromatic N) is 3. The maximum Gasteiger partial charge on any atom is 0.272 e. The van der Waals surface area contributed by atoms with Crippen molar-refractivity contribution in [3.05, 3.63) is 53.1 Å². The van der Waals surface area contributed by atoms with Crippen molar-refractivity contribution in [1.82, 2.24) is 25.1 Å². The van der Waals surface area contributed by atoms with Crippen molar-refractivity contribution in [3.8, 4) is 0 Å². The lowest BCUT2D eigenvalue weighted by molar-refractivity contribution is -0.124. The molecule has 0 spiro atoms. The number of imidazole rings is 1. The highest BCUT2D eigenvalue weighted by molar-refractivity contribution is 5.97. The van der Waals surface area contributed by atoms with Gasteiger partial charge in [0.05, 0.1) is 5.69 Å². The van der Waals surface area contributed by atoms with Crippen molar-refractivity contribution in [2.45, 2.75) is 59.3 Å². The largest absolute Gasteiger partial charge is 0.357 e. The number of fused-ring (bicyclic) bond motifs is 1. The molecule has 2 heterocycles. The summed E-state index contributed by atoms with van der Waals surface area (Å²) in [7, 11) is 3.64. The van der Waals surface area contributed by atoms with Crippen LogP contribution in [-0.2, 0) is 24.3 Å². The van der Waals surface area contributed by atoms with Gasteiger partial charge in [-0.05, 0) is 24.9 Å². The molecule has 0 saturated heterocycles. The van der Waals surface area contributed by atoms with Crippen molar-refractivity contribution >= 4 is 11.8 Å². The molecule has 1 aromatic heterocycles. The first-order chi connectivity index (χ1) is 14.1. The summed E-state index contributed by atoms with van der Waals surface area (Å²) in [5, 5.41) is 5.59. The molecule has 7 nitrogen and oxygen atoms in total. The summed E-state index contributed by atoms with van der Waals surface area (Å²) in [5.74, 6) is 0.372. The molecule has 2 amide bonds. The normalized spacial score (nSPS) is 17.9. The van der Waals surface area contributed by atoms with Crippen LogP contribution in [0.2, 0.25) is 0 Å². The van der Waals surface area contributed by atoms with E-state index < -0.39 is 11.5 Å². The molecule has 0 fully saturated rings. The molecule has 1 aromatic carbocycles. The average molecular weight is 412 g/mol. The van der Waals surface area contributed by atoms with Crippen LogP contribution in [0, 0.1) is 5.41 Å². The molecule has 0 radical (unpaired) electrons. The van der Waals surface area contributed by atoms with Gasteiger partial charge in [0.1, 0.15) is 11.9 Å². The molecule has 1 unspecified atom stereocenters. The Morgan fingerprint density at radius 1 is 1.23 bits per heavy atom. The van der Waals surface area contributed by atoms with E-state index in [9.17, 15) is 9.59 Å². The van der Waals surface area contributed by atoms with E-state index in [1.54, 1.807) is 7.05 Å². The van der Waals surface area contributed by atoms with Gasteiger partial charge in [0.2, 0.25) is 5.91 Å². The number of amides is 2. The fraction of sp³-hybridized carbons (Fsp3) is 0.522. The van der Waals surface area contributed by atoms with Gasteiger partial charge >= 0.3 is 0 Å². The molecule has 2 aromatic rings. The Hall–Kier alpha value is -2.67. The summed E-state index contributed by atoms with van der Waals surface area (Å²) < 4.78 is 2.18. The number of carbonyl (C=O) groups is 2. The number of likely N-dealkylation sites (N-methyl/N-ethyl adjacent to an activating group) is 2. The molecule has 0 bridgehead atoms. The van der Waals surface area contributed by atoms with E-state index in [-0.39, 0.29) is 11.8 Å². The number of hydrogen-bond donors (Lipinski definition) is 2. The SMILES string of the molecule is CNC(=O)[C@@H](NC(=O)c1nc(Cc2ccccc2)n2c1CN(C)C(C)C2)C(C)(C)C. The maximum absolute atomic E-state index is 13.3. The van der Waals surface area contributed by atoms with Crippen molar-refractivity contribution in [3.63, 3.8) is 0 Å². The number of hydrogen-bond acceptors (Lipinski definition) is 4. The van der Waals surface area contributed by atoms with Gasteiger partial charge in [-0.15, -0.1) is 0 Å². The first-order valence-electron chi connectivity index (χ1n) is 10.5. The third kappa shape index (κ3) is 4.56. The summed E-state index contributed by atoms with van der Waals surface area (Å²) in [6, 6.07) is 9.86. The van der Waals surface area contributed by atoms with Crippen LogP contribution in [-0.4, -0.2) is 52.4 Å². The van der Waals surface area contributed by atoms with Gasteiger partial charge < -0.3 is 15.2 Å². The van der Waals surface area contributed by atoms with Gasteiger partial charge in [-0.25, -0.2) is 4.98 Å². The van der Waals surface area contributed by atoms with E-state index in [0.717, 1.165) is 23.6 Å². The van der Waals surface area contributed by atoms with Gasteiger partial charge in [-0.3, -0.25) is 14.5 Å². The average Bonchev–Trinajstić information content (AvgIpc) is 3.03. The quantitative estimate of drug-likeness (QED) is 0.791. The van der Waals surface area contributed by atoms with Crippen LogP contribution in [0.5, 0.6) is 0 Å². The standard InChI is InChI=1S/C23H33N5O2/c1-15-13-28-17(14-27(15)6)19(25-18(28)12-16-10-8-7-9-11-16)21(29)26-20(22(30)24-5)23(2,3)4/h7-11,15,20H,12-14H2,1-6H3,(H,24,30)(H,26,29)/t15?,20-/m1/s1. The minimum absolute atomic E-state index is 0.209. The second-order valence-electron chi connectivity index (χ2n) is 9.25. The van der Waals surface area contributed by atoms with Gasteiger partial charge in [0, 0.05) is 32.6 Å². The van der Waals surface area contributed by atoms with E-state index >= 15 is 0 Å². The van der Waals surface area contributed by atoms with E-state index in [0.29, 0.717) is 24.7 Å². The number of benzene rings is 1. The summed E-state index contributed by atoms with van der Waals surface area (Å²) >= 11 is 0. The molecule has 3 rings (SSSR count). The summed E-state index contributed by atoms with van der Waals surface area (Å²) in [5.41, 5.74) is 2.05. The lowest BCUT2D eigenvalue weighted by Crippen LogP contribution is -2.53. The summed E-state index contributed by atoms with van der Waals surface area (Å²) in [6.45, 7) is 9.42. The summed E-state index contributed by atoms with van der Waals surface area (Å²) in [6.07, 6.45) is 0.662. The maximum atomic E-state index is 13.3. The molecule has 1 aliphatic rings. The highest BCUT2D eigenvalue weighted by Crippen LogP contribution is 2.25. The van der Waals surface area contributed by atoms with Gasteiger partial charge in [-0.1, -0.05) is 51.1 Å². The van der Waals surface area contributed by atoms with Crippen molar-refractivity contribution < 1.29 is 9.59 Å². The number of carbonyl (C=O) groups excluding carboxylic acids is 2. The van der Waals surface area contributed by atoms with E-state index in [1.807, 2.05) is 39.0 Å². The Morgan fingerprint density at radius 2 is 1.90 bits per heavy atom. The minimum atomic E-state index is -0.648. The topological polar surface area (TPSA) is 79.3 Å². The fourth-order valence-corrected chi connectivity index (χ4v) is 3.82. The predicted octanol–water partition coefficient (Wildman–Crippen LogP) is 2.20. The Kier molecular flexibility index (Phi) is 6.31. The molecular formula is C23H33N5O2. The van der Waals surface area contributed by atoms with Gasteiger partial charge in [-0.2, -0.15) is 0 Å². The fourth-order valence-electron chi connectivity index (χ4n) is 3.82. The monoisotopic (exact) mass is 411 g/mol. The number of nitrogens with one attached hydrogen (secondary N) is 2. The molecule has 162 valence electrons. The summed E-state index contributed by atoms with van der Waals surface area (Å²) in [4.78, 5) is 32.6. The Labute approximate surface area is 178 Å². The van der Waals surface area contributed by atoms with Crippen molar-refractivity contribution in [2.75, 3.05) is 14.1 Å². The first-order valence-corrected chi connectivity index (χ1v) is 10.5. The molecule has 7 heteroatoms. The van der Waals surface area contributed by atoms with Crippen LogP contribution in [0.3, 0.4) is 0 Å². The lowest BCUT2D eigenvalue weighted by atomic mass is 9.86. The first kappa shape index (κ1) is 22.0. The second-order valence-corrected chi connectivity index (χ2v) is 9.25. The Morgan fingerprint density at radius 3 is 2.50 bits per heavy atom. The van der Waals surface area contributed by atoms with Crippen LogP contribution in [0.4, 0.5) is 0 Å². The van der Waals surface area contributed by atoms with Crippen molar-refractivity contribution in [2.24, 2.45) is 5.41 Å². The lowest BCUT2D eigenvalue weighted by Gasteiger charge is -2.32. The van der Waals surface area contributed by atoms with Crippen LogP contribution in [0.25, 0.3) is 0 Å². The molecule has 2 N–H and O–H groups in total. The van der Waals surface area contributed by atoms with Crippen molar-refractivity contribution in [1.29, 1.82) is 0 Å². The zero-order valence-corrected chi connectivity index (χ0v) is 18.8. The smallest absolute Gasteiger partial charge is 0.272 e. The highest BCUT2D eigenvalue weighted by atomic mass is 16.2. The third-order valence-corrected chi connectivity index (χ3v) is 5.82. The third-order valence-electron chi connectivity index (χ3n) is 5.82. The van der Waals surface area contributed by atoms with E-state index in [1.165, 1.54) is 0 Å². The predicted molar refractivity (Wildman–Crippen MR) is 117 cm³/mol. The van der Waals surface area contributed by atoms with Crippen LogP contribution < -0.4 is 10.6 Å².